The predicted octanol–water partition coefficient (Wildman–Crippen LogP) is 2.22. The lowest BCUT2D eigenvalue weighted by molar-refractivity contribution is 0.154. The fourth-order valence-electron chi connectivity index (χ4n) is 2.85. The first kappa shape index (κ1) is 15.8. The molecular weight excluding hydrogens is 271 g/mol. The molecule has 2 atom stereocenters. The van der Waals surface area contributed by atoms with E-state index in [0.717, 1.165) is 25.7 Å². The van der Waals surface area contributed by atoms with Crippen LogP contribution in [0, 0.1) is 11.7 Å². The Balaban J connectivity index is 1.73. The first-order valence-corrected chi connectivity index (χ1v) is 7.59. The second-order valence-electron chi connectivity index (χ2n) is 5.58. The van der Waals surface area contributed by atoms with Crippen molar-refractivity contribution in [3.05, 3.63) is 35.6 Å². The van der Waals surface area contributed by atoms with E-state index in [9.17, 15) is 14.3 Å². The molecule has 1 aromatic carbocycles. The van der Waals surface area contributed by atoms with E-state index < -0.39 is 0 Å². The summed E-state index contributed by atoms with van der Waals surface area (Å²) in [4.78, 5) is 11.9. The van der Waals surface area contributed by atoms with Gasteiger partial charge in [0, 0.05) is 25.1 Å². The molecule has 2 amide bonds. The van der Waals surface area contributed by atoms with Gasteiger partial charge < -0.3 is 15.7 Å². The molecule has 1 saturated carbocycles. The maximum absolute atomic E-state index is 13.4. The lowest BCUT2D eigenvalue weighted by atomic mass is 9.85. The molecule has 2 unspecified atom stereocenters. The third kappa shape index (κ3) is 4.70. The standard InChI is InChI=1S/C16H23FN2O2/c17-14-7-3-1-5-12(14)9-10-18-16(21)19-15-8-4-2-6-13(15)11-20/h1,3,5,7,13,15,20H,2,4,6,8-11H2,(H2,18,19,21). The van der Waals surface area contributed by atoms with Gasteiger partial charge in [-0.15, -0.1) is 0 Å². The average Bonchev–Trinajstić information content (AvgIpc) is 2.50. The molecule has 1 fully saturated rings. The van der Waals surface area contributed by atoms with Crippen molar-refractivity contribution in [2.45, 2.75) is 38.1 Å². The van der Waals surface area contributed by atoms with Crippen molar-refractivity contribution in [2.24, 2.45) is 5.92 Å². The van der Waals surface area contributed by atoms with Crippen LogP contribution in [0.3, 0.4) is 0 Å². The van der Waals surface area contributed by atoms with Gasteiger partial charge >= 0.3 is 6.03 Å². The number of halogens is 1. The average molecular weight is 294 g/mol. The minimum Gasteiger partial charge on any atom is -0.396 e. The van der Waals surface area contributed by atoms with Gasteiger partial charge in [-0.1, -0.05) is 31.0 Å². The lowest BCUT2D eigenvalue weighted by Gasteiger charge is -2.30. The van der Waals surface area contributed by atoms with Gasteiger partial charge in [-0.25, -0.2) is 9.18 Å². The summed E-state index contributed by atoms with van der Waals surface area (Å²) in [5.41, 5.74) is 0.601. The zero-order valence-electron chi connectivity index (χ0n) is 12.1. The van der Waals surface area contributed by atoms with E-state index in [4.69, 9.17) is 0 Å². The van der Waals surface area contributed by atoms with Crippen LogP contribution in [-0.4, -0.2) is 30.3 Å². The highest BCUT2D eigenvalue weighted by Crippen LogP contribution is 2.23. The van der Waals surface area contributed by atoms with Gasteiger partial charge in [0.05, 0.1) is 0 Å². The minimum absolute atomic E-state index is 0.0391. The zero-order chi connectivity index (χ0) is 15.1. The molecule has 1 aliphatic carbocycles. The molecule has 1 aromatic rings. The number of carbonyl (C=O) groups excluding carboxylic acids is 1. The summed E-state index contributed by atoms with van der Waals surface area (Å²) >= 11 is 0. The van der Waals surface area contributed by atoms with E-state index in [1.165, 1.54) is 6.07 Å². The summed E-state index contributed by atoms with van der Waals surface area (Å²) in [7, 11) is 0. The zero-order valence-corrected chi connectivity index (χ0v) is 12.1. The highest BCUT2D eigenvalue weighted by atomic mass is 19.1. The number of aliphatic hydroxyl groups is 1. The number of hydrogen-bond donors (Lipinski definition) is 3. The Hall–Kier alpha value is -1.62. The maximum Gasteiger partial charge on any atom is 0.315 e. The van der Waals surface area contributed by atoms with Gasteiger partial charge in [-0.05, 0) is 30.9 Å². The van der Waals surface area contributed by atoms with Crippen molar-refractivity contribution in [2.75, 3.05) is 13.2 Å². The number of amides is 2. The lowest BCUT2D eigenvalue weighted by Crippen LogP contribution is -2.48. The Morgan fingerprint density at radius 1 is 1.29 bits per heavy atom. The van der Waals surface area contributed by atoms with Crippen LogP contribution in [-0.2, 0) is 6.42 Å². The molecular formula is C16H23FN2O2. The molecule has 0 saturated heterocycles. The second kappa shape index (κ2) is 7.98. The number of aliphatic hydroxyl groups excluding tert-OH is 1. The summed E-state index contributed by atoms with van der Waals surface area (Å²) in [6.07, 6.45) is 4.52. The van der Waals surface area contributed by atoms with E-state index in [0.29, 0.717) is 18.5 Å². The molecule has 0 aromatic heterocycles. The van der Waals surface area contributed by atoms with Crippen LogP contribution in [0.5, 0.6) is 0 Å². The number of urea groups is 1. The molecule has 3 N–H and O–H groups in total. The summed E-state index contributed by atoms with van der Waals surface area (Å²) in [6.45, 7) is 0.503. The Bertz CT molecular complexity index is 467. The summed E-state index contributed by atoms with van der Waals surface area (Å²) in [5, 5.41) is 15.0. The number of benzene rings is 1. The van der Waals surface area contributed by atoms with E-state index in [1.54, 1.807) is 18.2 Å². The highest BCUT2D eigenvalue weighted by Gasteiger charge is 2.25. The van der Waals surface area contributed by atoms with E-state index >= 15 is 0 Å². The van der Waals surface area contributed by atoms with Crippen molar-refractivity contribution in [1.29, 1.82) is 0 Å². The highest BCUT2D eigenvalue weighted by molar-refractivity contribution is 5.74. The van der Waals surface area contributed by atoms with Crippen molar-refractivity contribution in [1.82, 2.24) is 10.6 Å². The van der Waals surface area contributed by atoms with Crippen molar-refractivity contribution in [3.63, 3.8) is 0 Å². The summed E-state index contributed by atoms with van der Waals surface area (Å²) < 4.78 is 13.4. The molecule has 1 aliphatic rings. The number of carbonyl (C=O) groups is 1. The van der Waals surface area contributed by atoms with Crippen molar-refractivity contribution >= 4 is 6.03 Å². The summed E-state index contributed by atoms with van der Waals surface area (Å²) in [6, 6.07) is 6.37. The van der Waals surface area contributed by atoms with Crippen LogP contribution in [0.1, 0.15) is 31.2 Å². The van der Waals surface area contributed by atoms with Gasteiger partial charge in [0.2, 0.25) is 0 Å². The summed E-state index contributed by atoms with van der Waals surface area (Å²) in [5.74, 6) is -0.0941. The Labute approximate surface area is 124 Å². The van der Waals surface area contributed by atoms with Crippen LogP contribution in [0.15, 0.2) is 24.3 Å². The Morgan fingerprint density at radius 2 is 2.05 bits per heavy atom. The number of hydrogen-bond acceptors (Lipinski definition) is 2. The smallest absolute Gasteiger partial charge is 0.315 e. The molecule has 2 rings (SSSR count). The van der Waals surface area contributed by atoms with Crippen LogP contribution >= 0.6 is 0 Å². The first-order chi connectivity index (χ1) is 10.2. The van der Waals surface area contributed by atoms with Gasteiger partial charge in [0.15, 0.2) is 0 Å². The van der Waals surface area contributed by atoms with E-state index in [1.807, 2.05) is 0 Å². The maximum atomic E-state index is 13.4. The monoisotopic (exact) mass is 294 g/mol. The molecule has 4 nitrogen and oxygen atoms in total. The van der Waals surface area contributed by atoms with Crippen LogP contribution in [0.4, 0.5) is 9.18 Å². The molecule has 5 heteroatoms. The van der Waals surface area contributed by atoms with Crippen LogP contribution in [0.2, 0.25) is 0 Å². The fourth-order valence-corrected chi connectivity index (χ4v) is 2.85. The fraction of sp³-hybridized carbons (Fsp3) is 0.562. The van der Waals surface area contributed by atoms with Gasteiger partial charge in [0.25, 0.3) is 0 Å². The van der Waals surface area contributed by atoms with Crippen molar-refractivity contribution in [3.8, 4) is 0 Å². The molecule has 0 bridgehead atoms. The molecule has 0 aliphatic heterocycles. The van der Waals surface area contributed by atoms with Gasteiger partial charge in [-0.3, -0.25) is 0 Å². The third-order valence-electron chi connectivity index (χ3n) is 4.10. The van der Waals surface area contributed by atoms with Gasteiger partial charge in [0.1, 0.15) is 5.82 Å². The van der Waals surface area contributed by atoms with Gasteiger partial charge in [-0.2, -0.15) is 0 Å². The minimum atomic E-state index is -0.243. The number of rotatable bonds is 5. The van der Waals surface area contributed by atoms with E-state index in [2.05, 4.69) is 10.6 Å². The molecule has 21 heavy (non-hydrogen) atoms. The van der Waals surface area contributed by atoms with Crippen molar-refractivity contribution < 1.29 is 14.3 Å². The second-order valence-corrected chi connectivity index (χ2v) is 5.58. The topological polar surface area (TPSA) is 61.4 Å². The molecule has 116 valence electrons. The number of nitrogens with one attached hydrogen (secondary N) is 2. The van der Waals surface area contributed by atoms with E-state index in [-0.39, 0.29) is 30.4 Å². The Morgan fingerprint density at radius 3 is 2.81 bits per heavy atom. The predicted molar refractivity (Wildman–Crippen MR) is 79.5 cm³/mol. The van der Waals surface area contributed by atoms with Crippen LogP contribution in [0.25, 0.3) is 0 Å². The Kier molecular flexibility index (Phi) is 5.99. The third-order valence-corrected chi connectivity index (χ3v) is 4.10. The largest absolute Gasteiger partial charge is 0.396 e. The molecule has 0 heterocycles. The molecule has 0 radical (unpaired) electrons. The first-order valence-electron chi connectivity index (χ1n) is 7.59. The molecule has 0 spiro atoms. The SMILES string of the molecule is O=C(NCCc1ccccc1F)NC1CCCCC1CO. The van der Waals surface area contributed by atoms with Crippen LogP contribution < -0.4 is 10.6 Å². The quantitative estimate of drug-likeness (QED) is 0.780. The normalized spacial score (nSPS) is 21.8.